The molecule has 0 spiro atoms. The van der Waals surface area contributed by atoms with E-state index in [2.05, 4.69) is 34.8 Å². The molecule has 0 bridgehead atoms. The van der Waals surface area contributed by atoms with Crippen LogP contribution in [-0.4, -0.2) is 22.1 Å². The molecule has 1 aromatic heterocycles. The summed E-state index contributed by atoms with van der Waals surface area (Å²) >= 11 is 0. The van der Waals surface area contributed by atoms with Crippen LogP contribution >= 0.6 is 0 Å². The summed E-state index contributed by atoms with van der Waals surface area (Å²) in [5, 5.41) is 12.1. The molecule has 1 heterocycles. The molecule has 0 aromatic carbocycles. The molecule has 1 atom stereocenters. The highest BCUT2D eigenvalue weighted by atomic mass is 15.1. The predicted octanol–water partition coefficient (Wildman–Crippen LogP) is 2.68. The van der Waals surface area contributed by atoms with Crippen LogP contribution in [0, 0.1) is 11.3 Å². The third-order valence-electron chi connectivity index (χ3n) is 3.39. The van der Waals surface area contributed by atoms with Crippen LogP contribution in [-0.2, 0) is 6.54 Å². The van der Waals surface area contributed by atoms with Crippen molar-refractivity contribution in [2.75, 3.05) is 7.05 Å². The van der Waals surface area contributed by atoms with Gasteiger partial charge in [0.1, 0.15) is 11.4 Å². The Hall–Kier alpha value is -1.34. The Balaban J connectivity index is 2.39. The molecule has 4 nitrogen and oxygen atoms in total. The van der Waals surface area contributed by atoms with Crippen LogP contribution < -0.4 is 5.32 Å². The molecule has 0 aliphatic carbocycles. The molecule has 1 rings (SSSR count). The number of hydrogen-bond donors (Lipinski definition) is 1. The van der Waals surface area contributed by atoms with Gasteiger partial charge < -0.3 is 9.88 Å². The zero-order chi connectivity index (χ0) is 13.6. The monoisotopic (exact) mass is 248 g/mol. The molecule has 0 aliphatic heterocycles. The van der Waals surface area contributed by atoms with Crippen LogP contribution in [0.5, 0.6) is 0 Å². The van der Waals surface area contributed by atoms with Crippen molar-refractivity contribution in [2.24, 2.45) is 0 Å². The molecule has 0 fully saturated rings. The minimum atomic E-state index is -0.393. The first-order chi connectivity index (χ1) is 8.52. The van der Waals surface area contributed by atoms with E-state index in [0.29, 0.717) is 5.92 Å². The van der Waals surface area contributed by atoms with Gasteiger partial charge in [0.2, 0.25) is 0 Å². The van der Waals surface area contributed by atoms with Crippen molar-refractivity contribution in [3.63, 3.8) is 0 Å². The number of imidazole rings is 1. The molecule has 0 amide bonds. The number of unbranched alkanes of at least 4 members (excludes halogenated alkanes) is 1. The Morgan fingerprint density at radius 1 is 1.50 bits per heavy atom. The maximum absolute atomic E-state index is 9.06. The normalized spacial score (nSPS) is 14.4. The van der Waals surface area contributed by atoms with Crippen molar-refractivity contribution in [1.29, 1.82) is 5.26 Å². The highest BCUT2D eigenvalue weighted by Crippen LogP contribution is 2.15. The largest absolute Gasteiger partial charge is 0.335 e. The zero-order valence-electron chi connectivity index (χ0n) is 11.9. The molecule has 0 saturated heterocycles. The van der Waals surface area contributed by atoms with E-state index in [1.54, 1.807) is 0 Å². The quantitative estimate of drug-likeness (QED) is 0.755. The fourth-order valence-corrected chi connectivity index (χ4v) is 2.01. The van der Waals surface area contributed by atoms with Crippen molar-refractivity contribution < 1.29 is 0 Å². The molecule has 4 heteroatoms. The van der Waals surface area contributed by atoms with Crippen LogP contribution in [0.2, 0.25) is 0 Å². The average Bonchev–Trinajstić information content (AvgIpc) is 2.83. The first-order valence-corrected chi connectivity index (χ1v) is 6.63. The molecule has 1 N–H and O–H groups in total. The van der Waals surface area contributed by atoms with Gasteiger partial charge in [-0.25, -0.2) is 4.98 Å². The lowest BCUT2D eigenvalue weighted by Crippen LogP contribution is -2.37. The minimum absolute atomic E-state index is 0.393. The topological polar surface area (TPSA) is 53.6 Å². The van der Waals surface area contributed by atoms with Crippen LogP contribution in [0.3, 0.4) is 0 Å². The maximum Gasteiger partial charge on any atom is 0.111 e. The second kappa shape index (κ2) is 6.55. The Morgan fingerprint density at radius 3 is 2.78 bits per heavy atom. The highest BCUT2D eigenvalue weighted by Gasteiger charge is 2.19. The summed E-state index contributed by atoms with van der Waals surface area (Å²) in [6.07, 6.45) is 6.90. The smallest absolute Gasteiger partial charge is 0.111 e. The van der Waals surface area contributed by atoms with Crippen LogP contribution in [0.25, 0.3) is 0 Å². The van der Waals surface area contributed by atoms with Gasteiger partial charge in [-0.05, 0) is 33.2 Å². The molecule has 0 saturated carbocycles. The number of nitriles is 1. The molecule has 1 aromatic rings. The van der Waals surface area contributed by atoms with E-state index >= 15 is 0 Å². The summed E-state index contributed by atoms with van der Waals surface area (Å²) in [5.74, 6) is 1.60. The van der Waals surface area contributed by atoms with E-state index in [1.807, 2.05) is 26.4 Å². The lowest BCUT2D eigenvalue weighted by molar-refractivity contribution is 0.422. The van der Waals surface area contributed by atoms with Crippen LogP contribution in [0.15, 0.2) is 12.4 Å². The van der Waals surface area contributed by atoms with Gasteiger partial charge >= 0.3 is 0 Å². The molecule has 18 heavy (non-hydrogen) atoms. The Morgan fingerprint density at radius 2 is 2.22 bits per heavy atom. The van der Waals surface area contributed by atoms with Gasteiger partial charge in [0.05, 0.1) is 6.07 Å². The number of aryl methyl sites for hydroxylation is 1. The SMILES string of the molecule is CNC(C)(C#N)CCCCn1ccnc1C(C)C. The third kappa shape index (κ3) is 3.85. The first kappa shape index (κ1) is 14.7. The summed E-state index contributed by atoms with van der Waals surface area (Å²) in [6.45, 7) is 7.25. The second-order valence-electron chi connectivity index (χ2n) is 5.28. The van der Waals surface area contributed by atoms with Crippen LogP contribution in [0.4, 0.5) is 0 Å². The fraction of sp³-hybridized carbons (Fsp3) is 0.714. The Bertz CT molecular complexity index is 402. The summed E-state index contributed by atoms with van der Waals surface area (Å²) < 4.78 is 2.22. The second-order valence-corrected chi connectivity index (χ2v) is 5.28. The van der Waals surface area contributed by atoms with Gasteiger partial charge in [-0.1, -0.05) is 13.8 Å². The molecular formula is C14H24N4. The summed E-state index contributed by atoms with van der Waals surface area (Å²) in [4.78, 5) is 4.37. The van der Waals surface area contributed by atoms with Crippen molar-refractivity contribution in [3.05, 3.63) is 18.2 Å². The average molecular weight is 248 g/mol. The van der Waals surface area contributed by atoms with Crippen molar-refractivity contribution in [3.8, 4) is 6.07 Å². The van der Waals surface area contributed by atoms with Gasteiger partial charge in [-0.3, -0.25) is 0 Å². The molecule has 0 radical (unpaired) electrons. The molecule has 1 unspecified atom stereocenters. The molecular weight excluding hydrogens is 224 g/mol. The van der Waals surface area contributed by atoms with Gasteiger partial charge in [-0.15, -0.1) is 0 Å². The Kier molecular flexibility index (Phi) is 5.36. The van der Waals surface area contributed by atoms with E-state index in [4.69, 9.17) is 5.26 Å². The van der Waals surface area contributed by atoms with Gasteiger partial charge in [0.25, 0.3) is 0 Å². The first-order valence-electron chi connectivity index (χ1n) is 6.63. The van der Waals surface area contributed by atoms with Crippen molar-refractivity contribution in [1.82, 2.24) is 14.9 Å². The highest BCUT2D eigenvalue weighted by molar-refractivity contribution is 5.02. The summed E-state index contributed by atoms with van der Waals surface area (Å²) in [5.41, 5.74) is -0.393. The van der Waals surface area contributed by atoms with Crippen molar-refractivity contribution in [2.45, 2.75) is 58.0 Å². The van der Waals surface area contributed by atoms with E-state index in [-0.39, 0.29) is 0 Å². The van der Waals surface area contributed by atoms with Gasteiger partial charge in [0.15, 0.2) is 0 Å². The molecule has 100 valence electrons. The standard InChI is InChI=1S/C14H24N4/c1-12(2)13-17-8-10-18(13)9-6-5-7-14(3,11-15)16-4/h8,10,12,16H,5-7,9H2,1-4H3. The maximum atomic E-state index is 9.06. The summed E-state index contributed by atoms with van der Waals surface area (Å²) in [6, 6.07) is 2.32. The number of aromatic nitrogens is 2. The zero-order valence-corrected chi connectivity index (χ0v) is 11.9. The lowest BCUT2D eigenvalue weighted by atomic mass is 9.97. The lowest BCUT2D eigenvalue weighted by Gasteiger charge is -2.20. The van der Waals surface area contributed by atoms with E-state index in [1.165, 1.54) is 0 Å². The number of nitrogens with zero attached hydrogens (tertiary/aromatic N) is 3. The number of hydrogen-bond acceptors (Lipinski definition) is 3. The molecule has 0 aliphatic rings. The predicted molar refractivity (Wildman–Crippen MR) is 73.2 cm³/mol. The van der Waals surface area contributed by atoms with E-state index < -0.39 is 5.54 Å². The van der Waals surface area contributed by atoms with Gasteiger partial charge in [-0.2, -0.15) is 5.26 Å². The number of nitrogens with one attached hydrogen (secondary N) is 1. The van der Waals surface area contributed by atoms with Crippen molar-refractivity contribution >= 4 is 0 Å². The Labute approximate surface area is 110 Å². The van der Waals surface area contributed by atoms with E-state index in [0.717, 1.165) is 31.6 Å². The minimum Gasteiger partial charge on any atom is -0.335 e. The third-order valence-corrected chi connectivity index (χ3v) is 3.39. The fourth-order valence-electron chi connectivity index (χ4n) is 2.01. The van der Waals surface area contributed by atoms with Crippen LogP contribution in [0.1, 0.15) is 51.8 Å². The number of rotatable bonds is 7. The summed E-state index contributed by atoms with van der Waals surface area (Å²) in [7, 11) is 1.84. The van der Waals surface area contributed by atoms with Gasteiger partial charge in [0, 0.05) is 24.9 Å². The van der Waals surface area contributed by atoms with E-state index in [9.17, 15) is 0 Å².